The average Bonchev–Trinajstić information content (AvgIpc) is 2.84. The number of nitrogens with one attached hydrogen (secondary N) is 1. The van der Waals surface area contributed by atoms with Gasteiger partial charge in [-0.2, -0.15) is 11.8 Å². The van der Waals surface area contributed by atoms with Crippen LogP contribution in [0.1, 0.15) is 33.6 Å². The lowest BCUT2D eigenvalue weighted by atomic mass is 9.86. The fourth-order valence-electron chi connectivity index (χ4n) is 2.79. The molecule has 0 aromatic heterocycles. The highest BCUT2D eigenvalue weighted by Gasteiger charge is 2.36. The predicted molar refractivity (Wildman–Crippen MR) is 90.7 cm³/mol. The van der Waals surface area contributed by atoms with Gasteiger partial charge in [-0.05, 0) is 51.3 Å². The summed E-state index contributed by atoms with van der Waals surface area (Å²) >= 11 is 1.94. The van der Waals surface area contributed by atoms with E-state index in [-0.39, 0.29) is 0 Å². The van der Waals surface area contributed by atoms with Crippen LogP contribution in [0.25, 0.3) is 0 Å². The smallest absolute Gasteiger partial charge is 0.0547 e. The molecule has 0 saturated carbocycles. The fraction of sp³-hybridized carbons (Fsp3) is 1.00. The first-order valence-corrected chi connectivity index (χ1v) is 9.36. The van der Waals surface area contributed by atoms with Crippen LogP contribution in [0.2, 0.25) is 0 Å². The molecule has 1 saturated heterocycles. The second-order valence-corrected chi connectivity index (χ2v) is 7.86. The van der Waals surface area contributed by atoms with Crippen molar-refractivity contribution >= 4 is 11.8 Å². The van der Waals surface area contributed by atoms with Crippen molar-refractivity contribution < 1.29 is 4.74 Å². The minimum absolute atomic E-state index is 0.317. The lowest BCUT2D eigenvalue weighted by molar-refractivity contribution is 0.103. The van der Waals surface area contributed by atoms with E-state index < -0.39 is 0 Å². The van der Waals surface area contributed by atoms with Gasteiger partial charge < -0.3 is 15.0 Å². The lowest BCUT2D eigenvalue weighted by Gasteiger charge is -2.35. The van der Waals surface area contributed by atoms with Crippen LogP contribution < -0.4 is 5.32 Å². The summed E-state index contributed by atoms with van der Waals surface area (Å²) < 4.78 is 5.71. The molecule has 0 amide bonds. The van der Waals surface area contributed by atoms with E-state index in [1.807, 2.05) is 11.8 Å². The first-order valence-electron chi connectivity index (χ1n) is 7.97. The van der Waals surface area contributed by atoms with E-state index in [0.717, 1.165) is 32.8 Å². The molecular formula is C16H34N2OS. The highest BCUT2D eigenvalue weighted by Crippen LogP contribution is 2.29. The van der Waals surface area contributed by atoms with Crippen LogP contribution in [0, 0.1) is 11.3 Å². The average molecular weight is 303 g/mol. The molecule has 0 bridgehead atoms. The van der Waals surface area contributed by atoms with E-state index in [4.69, 9.17) is 4.74 Å². The topological polar surface area (TPSA) is 24.5 Å². The van der Waals surface area contributed by atoms with Crippen molar-refractivity contribution in [2.45, 2.75) is 39.7 Å². The summed E-state index contributed by atoms with van der Waals surface area (Å²) in [7, 11) is 2.27. The van der Waals surface area contributed by atoms with E-state index in [1.165, 1.54) is 18.6 Å². The zero-order valence-corrected chi connectivity index (χ0v) is 14.9. The van der Waals surface area contributed by atoms with Gasteiger partial charge in [0.25, 0.3) is 0 Å². The number of nitrogens with zero attached hydrogens (tertiary/aromatic N) is 1. The van der Waals surface area contributed by atoms with Gasteiger partial charge in [0.1, 0.15) is 0 Å². The third kappa shape index (κ3) is 6.33. The van der Waals surface area contributed by atoms with E-state index in [9.17, 15) is 0 Å². The third-order valence-corrected chi connectivity index (χ3v) is 4.96. The maximum atomic E-state index is 5.71. The number of thioether (sulfide) groups is 1. The first-order chi connectivity index (χ1) is 9.49. The Hall–Kier alpha value is 0.230. The van der Waals surface area contributed by atoms with Crippen molar-refractivity contribution in [1.29, 1.82) is 0 Å². The number of hydrogen-bond donors (Lipinski definition) is 1. The standard InChI is InChI=1S/C16H34N2OS/c1-14(2)10-17-11-16(7-8-19-13-16)12-18(4)15(3)6-9-20-5/h14-15,17H,6-13H2,1-5H3. The van der Waals surface area contributed by atoms with Crippen LogP contribution in [0.5, 0.6) is 0 Å². The van der Waals surface area contributed by atoms with Crippen molar-refractivity contribution in [2.75, 3.05) is 51.9 Å². The monoisotopic (exact) mass is 302 g/mol. The van der Waals surface area contributed by atoms with E-state index >= 15 is 0 Å². The third-order valence-electron chi connectivity index (χ3n) is 4.31. The molecule has 0 aromatic rings. The van der Waals surface area contributed by atoms with Gasteiger partial charge in [-0.3, -0.25) is 0 Å². The number of ether oxygens (including phenoxy) is 1. The van der Waals surface area contributed by atoms with Crippen LogP contribution in [0.4, 0.5) is 0 Å². The molecule has 1 fully saturated rings. The maximum Gasteiger partial charge on any atom is 0.0547 e. The molecule has 2 atom stereocenters. The largest absolute Gasteiger partial charge is 0.381 e. The van der Waals surface area contributed by atoms with Gasteiger partial charge in [0.05, 0.1) is 6.61 Å². The molecule has 0 aliphatic carbocycles. The highest BCUT2D eigenvalue weighted by molar-refractivity contribution is 7.98. The summed E-state index contributed by atoms with van der Waals surface area (Å²) in [5.41, 5.74) is 0.317. The summed E-state index contributed by atoms with van der Waals surface area (Å²) in [6, 6.07) is 0.657. The van der Waals surface area contributed by atoms with Gasteiger partial charge in [-0.15, -0.1) is 0 Å². The van der Waals surface area contributed by atoms with Crippen LogP contribution in [0.3, 0.4) is 0 Å². The molecule has 0 spiro atoms. The summed E-state index contributed by atoms with van der Waals surface area (Å²) in [5.74, 6) is 1.97. The van der Waals surface area contributed by atoms with Gasteiger partial charge in [0.2, 0.25) is 0 Å². The Morgan fingerprint density at radius 2 is 2.10 bits per heavy atom. The molecule has 1 heterocycles. The first kappa shape index (κ1) is 18.3. The minimum Gasteiger partial charge on any atom is -0.381 e. The van der Waals surface area contributed by atoms with Crippen LogP contribution in [-0.2, 0) is 4.74 Å². The summed E-state index contributed by atoms with van der Waals surface area (Å²) in [6.07, 6.45) is 4.65. The molecule has 1 aliphatic rings. The maximum absolute atomic E-state index is 5.71. The van der Waals surface area contributed by atoms with Gasteiger partial charge in [0, 0.05) is 31.2 Å². The van der Waals surface area contributed by atoms with E-state index in [2.05, 4.69) is 44.3 Å². The highest BCUT2D eigenvalue weighted by atomic mass is 32.2. The summed E-state index contributed by atoms with van der Waals surface area (Å²) in [5, 5.41) is 3.64. The molecule has 0 aromatic carbocycles. The normalized spacial score (nSPS) is 24.8. The Labute approximate surface area is 130 Å². The molecule has 1 N–H and O–H groups in total. The van der Waals surface area contributed by atoms with Crippen molar-refractivity contribution in [3.63, 3.8) is 0 Å². The minimum atomic E-state index is 0.317. The number of hydrogen-bond acceptors (Lipinski definition) is 4. The number of rotatable bonds is 10. The van der Waals surface area contributed by atoms with Crippen LogP contribution in [0.15, 0.2) is 0 Å². The quantitative estimate of drug-likeness (QED) is 0.670. The van der Waals surface area contributed by atoms with Crippen molar-refractivity contribution in [3.8, 4) is 0 Å². The lowest BCUT2D eigenvalue weighted by Crippen LogP contribution is -2.46. The molecule has 4 heteroatoms. The van der Waals surface area contributed by atoms with E-state index in [1.54, 1.807) is 0 Å². The zero-order valence-electron chi connectivity index (χ0n) is 14.1. The van der Waals surface area contributed by atoms with Crippen molar-refractivity contribution in [1.82, 2.24) is 10.2 Å². The van der Waals surface area contributed by atoms with Gasteiger partial charge in [0.15, 0.2) is 0 Å². The molecule has 0 radical (unpaired) electrons. The summed E-state index contributed by atoms with van der Waals surface area (Å²) in [6.45, 7) is 12.1. The zero-order chi connectivity index (χ0) is 15.0. The van der Waals surface area contributed by atoms with Crippen molar-refractivity contribution in [2.24, 2.45) is 11.3 Å². The second-order valence-electron chi connectivity index (χ2n) is 6.87. The molecule has 3 nitrogen and oxygen atoms in total. The molecular weight excluding hydrogens is 268 g/mol. The van der Waals surface area contributed by atoms with Gasteiger partial charge in [-0.1, -0.05) is 13.8 Å². The SMILES string of the molecule is CSCCC(C)N(C)CC1(CNCC(C)C)CCOC1. The fourth-order valence-corrected chi connectivity index (χ4v) is 3.37. The van der Waals surface area contributed by atoms with Gasteiger partial charge >= 0.3 is 0 Å². The molecule has 1 aliphatic heterocycles. The van der Waals surface area contributed by atoms with Crippen LogP contribution in [-0.4, -0.2) is 62.8 Å². The van der Waals surface area contributed by atoms with E-state index in [0.29, 0.717) is 17.4 Å². The Morgan fingerprint density at radius 3 is 2.65 bits per heavy atom. The second kappa shape index (κ2) is 9.29. The summed E-state index contributed by atoms with van der Waals surface area (Å²) in [4.78, 5) is 2.53. The Bertz CT molecular complexity index is 255. The van der Waals surface area contributed by atoms with Gasteiger partial charge in [-0.25, -0.2) is 0 Å². The molecule has 2 unspecified atom stereocenters. The Balaban J connectivity index is 2.44. The van der Waals surface area contributed by atoms with Crippen molar-refractivity contribution in [3.05, 3.63) is 0 Å². The molecule has 120 valence electrons. The molecule has 1 rings (SSSR count). The van der Waals surface area contributed by atoms with Crippen LogP contribution >= 0.6 is 11.8 Å². The predicted octanol–water partition coefficient (Wildman–Crippen LogP) is 2.71. The Kier molecular flexibility index (Phi) is 8.49. The molecule has 20 heavy (non-hydrogen) atoms. The Morgan fingerprint density at radius 1 is 1.35 bits per heavy atom.